The number of benzene rings is 2. The number of thioether (sulfide) groups is 1. The normalized spacial score (nSPS) is 10.8. The third-order valence-corrected chi connectivity index (χ3v) is 4.79. The first-order valence-electron chi connectivity index (χ1n) is 7.12. The number of hydrogen-bond donors (Lipinski definition) is 1. The minimum atomic E-state index is -0.374. The predicted molar refractivity (Wildman–Crippen MR) is 95.9 cm³/mol. The van der Waals surface area contributed by atoms with Crippen molar-refractivity contribution in [2.45, 2.75) is 5.16 Å². The Morgan fingerprint density at radius 2 is 1.88 bits per heavy atom. The lowest BCUT2D eigenvalue weighted by Crippen LogP contribution is -2.12. The van der Waals surface area contributed by atoms with E-state index in [0.29, 0.717) is 23.3 Å². The van der Waals surface area contributed by atoms with Crippen molar-refractivity contribution < 1.29 is 9.13 Å². The van der Waals surface area contributed by atoms with Gasteiger partial charge in [-0.1, -0.05) is 52.0 Å². The van der Waals surface area contributed by atoms with Crippen LogP contribution in [0.25, 0.3) is 11.4 Å². The van der Waals surface area contributed by atoms with Gasteiger partial charge in [-0.3, -0.25) is 0 Å². The van der Waals surface area contributed by atoms with E-state index < -0.39 is 0 Å². The van der Waals surface area contributed by atoms with Gasteiger partial charge in [0, 0.05) is 15.8 Å². The highest BCUT2D eigenvalue weighted by Gasteiger charge is 2.14. The Hall–Kier alpha value is -2.06. The van der Waals surface area contributed by atoms with Crippen LogP contribution in [0, 0.1) is 5.82 Å². The largest absolute Gasteiger partial charge is 0.490 e. The Morgan fingerprint density at radius 3 is 2.67 bits per heavy atom. The van der Waals surface area contributed by atoms with Crippen LogP contribution in [0.2, 0.25) is 0 Å². The van der Waals surface area contributed by atoms with Crippen LogP contribution < -0.4 is 10.6 Å². The summed E-state index contributed by atoms with van der Waals surface area (Å²) < 4.78 is 21.2. The van der Waals surface area contributed by atoms with Gasteiger partial charge in [0.05, 0.1) is 6.61 Å². The highest BCUT2D eigenvalue weighted by molar-refractivity contribution is 9.10. The smallest absolute Gasteiger partial charge is 0.210 e. The summed E-state index contributed by atoms with van der Waals surface area (Å²) in [5.41, 5.74) is 0.863. The summed E-state index contributed by atoms with van der Waals surface area (Å²) in [6.07, 6.45) is 0. The van der Waals surface area contributed by atoms with Crippen LogP contribution in [0.3, 0.4) is 0 Å². The van der Waals surface area contributed by atoms with Gasteiger partial charge in [0.1, 0.15) is 0 Å². The molecule has 0 saturated heterocycles. The predicted octanol–water partition coefficient (Wildman–Crippen LogP) is 3.73. The molecular formula is C16H14BrFN4OS. The molecule has 0 atom stereocenters. The molecule has 0 bridgehead atoms. The van der Waals surface area contributed by atoms with Gasteiger partial charge in [0.15, 0.2) is 17.4 Å². The third-order valence-electron chi connectivity index (χ3n) is 3.19. The van der Waals surface area contributed by atoms with E-state index >= 15 is 0 Å². The summed E-state index contributed by atoms with van der Waals surface area (Å²) in [6, 6.07) is 14.0. The molecule has 0 radical (unpaired) electrons. The van der Waals surface area contributed by atoms with Crippen LogP contribution in [-0.4, -0.2) is 27.2 Å². The molecule has 0 fully saturated rings. The van der Waals surface area contributed by atoms with Gasteiger partial charge < -0.3 is 10.6 Å². The molecule has 3 rings (SSSR count). The van der Waals surface area contributed by atoms with Crippen molar-refractivity contribution in [3.63, 3.8) is 0 Å². The molecule has 5 nitrogen and oxygen atoms in total. The van der Waals surface area contributed by atoms with Crippen molar-refractivity contribution >= 4 is 27.7 Å². The van der Waals surface area contributed by atoms with E-state index in [0.717, 1.165) is 10.0 Å². The highest BCUT2D eigenvalue weighted by atomic mass is 79.9. The molecule has 0 saturated carbocycles. The second-order valence-electron chi connectivity index (χ2n) is 4.78. The lowest BCUT2D eigenvalue weighted by Gasteiger charge is -2.07. The Morgan fingerprint density at radius 1 is 1.12 bits per heavy atom. The van der Waals surface area contributed by atoms with Gasteiger partial charge in [0.25, 0.3) is 0 Å². The van der Waals surface area contributed by atoms with Crippen LogP contribution in [0.15, 0.2) is 58.2 Å². The van der Waals surface area contributed by atoms with E-state index in [1.165, 1.54) is 22.5 Å². The maximum atomic E-state index is 13.5. The Bertz CT molecular complexity index is 842. The molecule has 124 valence electrons. The van der Waals surface area contributed by atoms with Gasteiger partial charge in [0.2, 0.25) is 5.16 Å². The molecule has 24 heavy (non-hydrogen) atoms. The molecule has 2 aromatic carbocycles. The zero-order chi connectivity index (χ0) is 16.9. The topological polar surface area (TPSA) is 66.0 Å². The molecule has 0 unspecified atom stereocenters. The Labute approximate surface area is 151 Å². The van der Waals surface area contributed by atoms with Gasteiger partial charge in [-0.25, -0.2) is 9.07 Å². The van der Waals surface area contributed by atoms with Gasteiger partial charge >= 0.3 is 0 Å². The summed E-state index contributed by atoms with van der Waals surface area (Å²) >= 11 is 4.87. The fourth-order valence-electron chi connectivity index (χ4n) is 2.05. The monoisotopic (exact) mass is 408 g/mol. The SMILES string of the molecule is Nn1c(SCCOc2ccccc2F)nnc1-c1ccccc1Br. The highest BCUT2D eigenvalue weighted by Crippen LogP contribution is 2.27. The first kappa shape index (κ1) is 16.8. The van der Waals surface area contributed by atoms with Crippen molar-refractivity contribution in [3.8, 4) is 17.1 Å². The zero-order valence-electron chi connectivity index (χ0n) is 12.5. The molecule has 0 aliphatic carbocycles. The van der Waals surface area contributed by atoms with Crippen LogP contribution in [-0.2, 0) is 0 Å². The molecule has 2 N–H and O–H groups in total. The van der Waals surface area contributed by atoms with Gasteiger partial charge in [-0.2, -0.15) is 0 Å². The summed E-state index contributed by atoms with van der Waals surface area (Å²) in [7, 11) is 0. The number of aromatic nitrogens is 3. The van der Waals surface area contributed by atoms with E-state index in [2.05, 4.69) is 26.1 Å². The second kappa shape index (κ2) is 7.67. The van der Waals surface area contributed by atoms with Gasteiger partial charge in [-0.15, -0.1) is 10.2 Å². The number of nitrogens with zero attached hydrogens (tertiary/aromatic N) is 3. The summed E-state index contributed by atoms with van der Waals surface area (Å²) in [5.74, 6) is 7.07. The quantitative estimate of drug-likeness (QED) is 0.382. The maximum absolute atomic E-state index is 13.5. The van der Waals surface area contributed by atoms with E-state index in [9.17, 15) is 4.39 Å². The fraction of sp³-hybridized carbons (Fsp3) is 0.125. The summed E-state index contributed by atoms with van der Waals surface area (Å²) in [4.78, 5) is 0. The number of para-hydroxylation sites is 1. The molecule has 1 heterocycles. The van der Waals surface area contributed by atoms with Crippen LogP contribution in [0.4, 0.5) is 4.39 Å². The van der Waals surface area contributed by atoms with Crippen molar-refractivity contribution in [2.75, 3.05) is 18.2 Å². The van der Waals surface area contributed by atoms with Crippen molar-refractivity contribution in [1.82, 2.24) is 14.9 Å². The van der Waals surface area contributed by atoms with E-state index in [1.807, 2.05) is 24.3 Å². The second-order valence-corrected chi connectivity index (χ2v) is 6.70. The molecule has 1 aromatic heterocycles. The fourth-order valence-corrected chi connectivity index (χ4v) is 3.18. The molecule has 0 amide bonds. The summed E-state index contributed by atoms with van der Waals surface area (Å²) in [5, 5.41) is 8.80. The average Bonchev–Trinajstić information content (AvgIpc) is 2.94. The molecule has 0 aliphatic heterocycles. The number of halogens is 2. The van der Waals surface area contributed by atoms with E-state index in [4.69, 9.17) is 10.6 Å². The minimum Gasteiger partial charge on any atom is -0.490 e. The number of nitrogen functional groups attached to an aromatic ring is 1. The van der Waals surface area contributed by atoms with Crippen molar-refractivity contribution in [2.24, 2.45) is 0 Å². The molecule has 8 heteroatoms. The van der Waals surface area contributed by atoms with Crippen molar-refractivity contribution in [3.05, 3.63) is 58.8 Å². The van der Waals surface area contributed by atoms with Crippen LogP contribution in [0.1, 0.15) is 0 Å². The first-order chi connectivity index (χ1) is 11.7. The van der Waals surface area contributed by atoms with Gasteiger partial charge in [-0.05, 0) is 24.3 Å². The lowest BCUT2D eigenvalue weighted by atomic mass is 10.2. The zero-order valence-corrected chi connectivity index (χ0v) is 14.9. The Balaban J connectivity index is 1.61. The number of nitrogens with two attached hydrogens (primary N) is 1. The van der Waals surface area contributed by atoms with Crippen LogP contribution >= 0.6 is 27.7 Å². The molecule has 0 aliphatic rings. The maximum Gasteiger partial charge on any atom is 0.210 e. The van der Waals surface area contributed by atoms with E-state index in [1.54, 1.807) is 18.2 Å². The molecule has 3 aromatic rings. The number of ether oxygens (including phenoxy) is 1. The third kappa shape index (κ3) is 3.70. The average molecular weight is 409 g/mol. The first-order valence-corrected chi connectivity index (χ1v) is 8.90. The number of hydrogen-bond acceptors (Lipinski definition) is 5. The van der Waals surface area contributed by atoms with Crippen molar-refractivity contribution in [1.29, 1.82) is 0 Å². The number of rotatable bonds is 6. The molecular weight excluding hydrogens is 395 g/mol. The standard InChI is InChI=1S/C16H14BrFN4OS/c17-12-6-2-1-5-11(12)15-20-21-16(22(15)19)24-10-9-23-14-8-4-3-7-13(14)18/h1-8H,9-10,19H2. The van der Waals surface area contributed by atoms with E-state index in [-0.39, 0.29) is 11.6 Å². The minimum absolute atomic E-state index is 0.237. The lowest BCUT2D eigenvalue weighted by molar-refractivity contribution is 0.325. The molecule has 0 spiro atoms. The summed E-state index contributed by atoms with van der Waals surface area (Å²) in [6.45, 7) is 0.336. The Kier molecular flexibility index (Phi) is 5.37. The van der Waals surface area contributed by atoms with Crippen LogP contribution in [0.5, 0.6) is 5.75 Å².